The lowest BCUT2D eigenvalue weighted by atomic mass is 10.0. The largest absolute Gasteiger partial charge is 0.393 e. The van der Waals surface area contributed by atoms with Crippen LogP contribution in [0.25, 0.3) is 11.3 Å². The summed E-state index contributed by atoms with van der Waals surface area (Å²) in [6.45, 7) is 0.314. The number of aliphatic hydroxyl groups excluding tert-OH is 1. The van der Waals surface area contributed by atoms with Crippen molar-refractivity contribution in [2.24, 2.45) is 0 Å². The molecule has 154 valence electrons. The fourth-order valence-electron chi connectivity index (χ4n) is 3.77. The van der Waals surface area contributed by atoms with Gasteiger partial charge in [0, 0.05) is 18.0 Å². The summed E-state index contributed by atoms with van der Waals surface area (Å²) in [5.41, 5.74) is 8.44. The molecule has 2 aromatic carbocycles. The van der Waals surface area contributed by atoms with Crippen LogP contribution in [0.3, 0.4) is 0 Å². The smallest absolute Gasteiger partial charge is 0.254 e. The van der Waals surface area contributed by atoms with Gasteiger partial charge >= 0.3 is 0 Å². The van der Waals surface area contributed by atoms with Crippen LogP contribution in [-0.4, -0.2) is 27.1 Å². The van der Waals surface area contributed by atoms with Gasteiger partial charge in [0.15, 0.2) is 0 Å². The van der Waals surface area contributed by atoms with Gasteiger partial charge in [-0.3, -0.25) is 4.79 Å². The minimum atomic E-state index is -0.652. The Morgan fingerprint density at radius 1 is 1.20 bits per heavy atom. The van der Waals surface area contributed by atoms with Gasteiger partial charge < -0.3 is 16.2 Å². The summed E-state index contributed by atoms with van der Waals surface area (Å²) in [6, 6.07) is 13.7. The number of aromatic nitrogens is 2. The minimum absolute atomic E-state index is 0.0451. The normalized spacial score (nSPS) is 18.3. The number of nitrogen functional groups attached to an aromatic ring is 1. The van der Waals surface area contributed by atoms with Crippen molar-refractivity contribution in [2.75, 3.05) is 5.73 Å². The first-order chi connectivity index (χ1) is 14.5. The number of halogens is 1. The lowest BCUT2D eigenvalue weighted by molar-refractivity contribution is 0.0947. The Balaban J connectivity index is 1.53. The summed E-state index contributed by atoms with van der Waals surface area (Å²) in [6.07, 6.45) is 3.47. The number of nitrogens with two attached hydrogens (primary N) is 1. The first kappa shape index (κ1) is 20.0. The monoisotopic (exact) mass is 406 g/mol. The van der Waals surface area contributed by atoms with Crippen LogP contribution >= 0.6 is 0 Å². The maximum Gasteiger partial charge on any atom is 0.254 e. The van der Waals surface area contributed by atoms with E-state index in [1.807, 2.05) is 30.3 Å². The number of aliphatic hydroxyl groups is 1. The van der Waals surface area contributed by atoms with Gasteiger partial charge in [-0.2, -0.15) is 0 Å². The van der Waals surface area contributed by atoms with Gasteiger partial charge in [-0.1, -0.05) is 36.4 Å². The third-order valence-electron chi connectivity index (χ3n) is 5.43. The third kappa shape index (κ3) is 4.31. The molecule has 1 amide bonds. The third-order valence-corrected chi connectivity index (χ3v) is 5.43. The van der Waals surface area contributed by atoms with E-state index >= 15 is 0 Å². The molecular formula is C23H23FN4O2. The van der Waals surface area contributed by atoms with Crippen molar-refractivity contribution in [3.8, 4) is 11.3 Å². The molecule has 4 N–H and O–H groups in total. The number of carbonyl (C=O) groups excluding carboxylic acids is 1. The van der Waals surface area contributed by atoms with Gasteiger partial charge in [0.1, 0.15) is 17.3 Å². The van der Waals surface area contributed by atoms with Gasteiger partial charge in [-0.25, -0.2) is 14.4 Å². The summed E-state index contributed by atoms with van der Waals surface area (Å²) in [5.74, 6) is -0.839. The quantitative estimate of drug-likeness (QED) is 0.603. The number of nitrogens with zero attached hydrogens (tertiary/aromatic N) is 2. The fraction of sp³-hybridized carbons (Fsp3) is 0.261. The molecule has 1 saturated carbocycles. The molecule has 7 heteroatoms. The molecule has 2 unspecified atom stereocenters. The second kappa shape index (κ2) is 8.59. The highest BCUT2D eigenvalue weighted by atomic mass is 19.1. The number of rotatable bonds is 5. The number of anilines is 1. The molecule has 0 spiro atoms. The van der Waals surface area contributed by atoms with Crippen LogP contribution < -0.4 is 11.1 Å². The number of carbonyl (C=O) groups is 1. The lowest BCUT2D eigenvalue weighted by Gasteiger charge is -2.12. The van der Waals surface area contributed by atoms with E-state index in [9.17, 15) is 14.3 Å². The van der Waals surface area contributed by atoms with Crippen LogP contribution in [-0.2, 0) is 6.54 Å². The maximum absolute atomic E-state index is 14.7. The molecule has 1 aliphatic rings. The Morgan fingerprint density at radius 3 is 2.70 bits per heavy atom. The van der Waals surface area contributed by atoms with Crippen molar-refractivity contribution in [3.63, 3.8) is 0 Å². The Labute approximate surface area is 174 Å². The summed E-state index contributed by atoms with van der Waals surface area (Å²) in [4.78, 5) is 21.2. The van der Waals surface area contributed by atoms with Gasteiger partial charge in [-0.15, -0.1) is 0 Å². The molecule has 0 aliphatic heterocycles. The van der Waals surface area contributed by atoms with E-state index in [-0.39, 0.29) is 23.4 Å². The van der Waals surface area contributed by atoms with Gasteiger partial charge in [-0.05, 0) is 37.0 Å². The van der Waals surface area contributed by atoms with E-state index in [2.05, 4.69) is 15.3 Å². The molecule has 3 aromatic rings. The molecule has 30 heavy (non-hydrogen) atoms. The van der Waals surface area contributed by atoms with Crippen LogP contribution in [0.2, 0.25) is 0 Å². The second-order valence-corrected chi connectivity index (χ2v) is 7.56. The fourth-order valence-corrected chi connectivity index (χ4v) is 3.77. The van der Waals surface area contributed by atoms with Crippen molar-refractivity contribution < 1.29 is 14.3 Å². The Morgan fingerprint density at radius 2 is 2.00 bits per heavy atom. The highest BCUT2D eigenvalue weighted by Gasteiger charge is 2.26. The predicted molar refractivity (Wildman–Crippen MR) is 112 cm³/mol. The van der Waals surface area contributed by atoms with Crippen molar-refractivity contribution in [2.45, 2.75) is 37.8 Å². The zero-order valence-corrected chi connectivity index (χ0v) is 16.4. The Bertz CT molecular complexity index is 1060. The summed E-state index contributed by atoms with van der Waals surface area (Å²) < 4.78 is 14.7. The molecule has 2 atom stereocenters. The first-order valence-corrected chi connectivity index (χ1v) is 9.94. The molecule has 1 aromatic heterocycles. The van der Waals surface area contributed by atoms with E-state index in [4.69, 9.17) is 5.73 Å². The Kier molecular flexibility index (Phi) is 5.72. The van der Waals surface area contributed by atoms with Gasteiger partial charge in [0.2, 0.25) is 0 Å². The molecule has 6 nitrogen and oxygen atoms in total. The van der Waals surface area contributed by atoms with Crippen LogP contribution in [0.4, 0.5) is 10.2 Å². The van der Waals surface area contributed by atoms with Crippen molar-refractivity contribution in [3.05, 3.63) is 77.4 Å². The van der Waals surface area contributed by atoms with Crippen LogP contribution in [0.15, 0.2) is 54.7 Å². The van der Waals surface area contributed by atoms with Crippen LogP contribution in [0.1, 0.15) is 46.8 Å². The predicted octanol–water partition coefficient (Wildman–Crippen LogP) is 3.42. The van der Waals surface area contributed by atoms with E-state index in [0.717, 1.165) is 24.1 Å². The molecule has 4 rings (SSSR count). The van der Waals surface area contributed by atoms with Crippen molar-refractivity contribution in [1.29, 1.82) is 0 Å². The molecule has 1 heterocycles. The average Bonchev–Trinajstić information content (AvgIpc) is 3.19. The van der Waals surface area contributed by atoms with E-state index < -0.39 is 11.7 Å². The van der Waals surface area contributed by atoms with E-state index in [1.54, 1.807) is 12.3 Å². The number of hydrogen-bond acceptors (Lipinski definition) is 5. The highest BCUT2D eigenvalue weighted by molar-refractivity contribution is 5.95. The lowest BCUT2D eigenvalue weighted by Crippen LogP contribution is -2.23. The van der Waals surface area contributed by atoms with Gasteiger partial charge in [0.25, 0.3) is 5.91 Å². The molecule has 0 radical (unpaired) electrons. The summed E-state index contributed by atoms with van der Waals surface area (Å²) in [5, 5.41) is 12.5. The standard InChI is InChI=1S/C23H23FN4O2/c24-19-11-16(7-9-18(19)23(30)27-12-14-4-2-1-3-5-14)21-22(25)26-13-20(28-21)15-6-8-17(29)10-15/h1-5,7,9,11,13,15,17,29H,6,8,10,12H2,(H2,25,26)(H,27,30). The van der Waals surface area contributed by atoms with E-state index in [0.29, 0.717) is 24.2 Å². The Hall–Kier alpha value is -3.32. The number of nitrogens with one attached hydrogen (secondary N) is 1. The summed E-state index contributed by atoms with van der Waals surface area (Å²) >= 11 is 0. The molecule has 0 saturated heterocycles. The number of benzene rings is 2. The van der Waals surface area contributed by atoms with Crippen molar-refractivity contribution in [1.82, 2.24) is 15.3 Å². The minimum Gasteiger partial charge on any atom is -0.393 e. The maximum atomic E-state index is 14.7. The number of hydrogen-bond donors (Lipinski definition) is 3. The SMILES string of the molecule is Nc1ncc(C2CCC(O)C2)nc1-c1ccc(C(=O)NCc2ccccc2)c(F)c1. The van der Waals surface area contributed by atoms with Crippen molar-refractivity contribution >= 4 is 11.7 Å². The van der Waals surface area contributed by atoms with E-state index in [1.165, 1.54) is 12.1 Å². The first-order valence-electron chi connectivity index (χ1n) is 9.94. The van der Waals surface area contributed by atoms with Crippen LogP contribution in [0, 0.1) is 5.82 Å². The molecule has 1 aliphatic carbocycles. The molecule has 1 fully saturated rings. The summed E-state index contributed by atoms with van der Waals surface area (Å²) in [7, 11) is 0. The molecular weight excluding hydrogens is 383 g/mol. The molecule has 0 bridgehead atoms. The zero-order chi connectivity index (χ0) is 21.1. The number of amides is 1. The average molecular weight is 406 g/mol. The van der Waals surface area contributed by atoms with Crippen LogP contribution in [0.5, 0.6) is 0 Å². The highest BCUT2D eigenvalue weighted by Crippen LogP contribution is 2.35. The topological polar surface area (TPSA) is 101 Å². The van der Waals surface area contributed by atoms with Gasteiger partial charge in [0.05, 0.1) is 23.6 Å². The second-order valence-electron chi connectivity index (χ2n) is 7.56. The zero-order valence-electron chi connectivity index (χ0n) is 16.4.